The van der Waals surface area contributed by atoms with Crippen molar-refractivity contribution in [1.82, 2.24) is 20.1 Å². The lowest BCUT2D eigenvalue weighted by molar-refractivity contribution is 0.0946. The molecule has 5 aromatic rings. The molecule has 3 N–H and O–H groups in total. The molecule has 8 heteroatoms. The van der Waals surface area contributed by atoms with Gasteiger partial charge in [-0.25, -0.2) is 0 Å². The van der Waals surface area contributed by atoms with E-state index in [4.69, 9.17) is 11.6 Å². The van der Waals surface area contributed by atoms with E-state index in [2.05, 4.69) is 15.5 Å². The van der Waals surface area contributed by atoms with Crippen molar-refractivity contribution in [2.75, 3.05) is 0 Å². The van der Waals surface area contributed by atoms with Gasteiger partial charge in [-0.1, -0.05) is 54.1 Å². The van der Waals surface area contributed by atoms with Crippen molar-refractivity contribution in [2.45, 2.75) is 25.6 Å². The maximum absolute atomic E-state index is 12.9. The summed E-state index contributed by atoms with van der Waals surface area (Å²) in [5.41, 5.74) is 2.76. The number of aliphatic hydroxyl groups is 1. The van der Waals surface area contributed by atoms with E-state index < -0.39 is 5.60 Å². The van der Waals surface area contributed by atoms with Crippen LogP contribution in [0.3, 0.4) is 0 Å². The van der Waals surface area contributed by atoms with Crippen molar-refractivity contribution < 1.29 is 9.90 Å². The van der Waals surface area contributed by atoms with Crippen LogP contribution in [0.5, 0.6) is 0 Å². The molecule has 1 atom stereocenters. The molecular formula is C29H25ClN4O3. The van der Waals surface area contributed by atoms with Crippen LogP contribution >= 0.6 is 11.6 Å². The first-order valence-electron chi connectivity index (χ1n) is 11.8. The van der Waals surface area contributed by atoms with Crippen molar-refractivity contribution in [3.05, 3.63) is 134 Å². The summed E-state index contributed by atoms with van der Waals surface area (Å²) in [5.74, 6) is -0.278. The summed E-state index contributed by atoms with van der Waals surface area (Å²) in [6.07, 6.45) is 1.74. The van der Waals surface area contributed by atoms with Crippen molar-refractivity contribution >= 4 is 28.4 Å². The normalized spacial score (nSPS) is 12.8. The van der Waals surface area contributed by atoms with E-state index in [-0.39, 0.29) is 18.0 Å². The predicted octanol–water partition coefficient (Wildman–Crippen LogP) is 4.61. The SMILES string of the molecule is CC(O)(c1ccc(Cn2ccccc2=O)cc1)c1cccc(C(=O)NCc2n[nH]c3ccc(Cl)cc23)c1. The number of hydrogen-bond acceptors (Lipinski definition) is 4. The molecule has 0 bridgehead atoms. The van der Waals surface area contributed by atoms with Crippen LogP contribution in [0.1, 0.15) is 39.7 Å². The monoisotopic (exact) mass is 512 g/mol. The number of fused-ring (bicyclic) bond motifs is 1. The number of H-pyrrole nitrogens is 1. The van der Waals surface area contributed by atoms with E-state index in [0.29, 0.717) is 34.0 Å². The molecule has 5 rings (SSSR count). The zero-order valence-electron chi connectivity index (χ0n) is 20.1. The van der Waals surface area contributed by atoms with Gasteiger partial charge in [-0.15, -0.1) is 0 Å². The van der Waals surface area contributed by atoms with E-state index in [1.165, 1.54) is 6.07 Å². The van der Waals surface area contributed by atoms with Crippen molar-refractivity contribution in [3.8, 4) is 0 Å². The van der Waals surface area contributed by atoms with Gasteiger partial charge in [0.2, 0.25) is 0 Å². The summed E-state index contributed by atoms with van der Waals surface area (Å²) in [6, 6.07) is 24.9. The molecule has 2 aromatic heterocycles. The van der Waals surface area contributed by atoms with Gasteiger partial charge in [0.05, 0.1) is 24.3 Å². The number of aromatic amines is 1. The molecule has 0 spiro atoms. The summed E-state index contributed by atoms with van der Waals surface area (Å²) in [6.45, 7) is 2.36. The molecule has 0 saturated carbocycles. The Kier molecular flexibility index (Phi) is 6.65. The molecule has 0 aliphatic heterocycles. The molecule has 2 heterocycles. The van der Waals surface area contributed by atoms with Crippen molar-refractivity contribution in [2.24, 2.45) is 0 Å². The number of amides is 1. The molecule has 0 radical (unpaired) electrons. The van der Waals surface area contributed by atoms with E-state index in [1.807, 2.05) is 42.5 Å². The number of hydrogen-bond donors (Lipinski definition) is 3. The molecule has 0 fully saturated rings. The number of carbonyl (C=O) groups is 1. The van der Waals surface area contributed by atoms with E-state index >= 15 is 0 Å². The van der Waals surface area contributed by atoms with Crippen LogP contribution in [0.4, 0.5) is 0 Å². The smallest absolute Gasteiger partial charge is 0.251 e. The first-order chi connectivity index (χ1) is 17.8. The Bertz CT molecular complexity index is 1640. The molecule has 3 aromatic carbocycles. The molecule has 37 heavy (non-hydrogen) atoms. The van der Waals surface area contributed by atoms with Gasteiger partial charge in [0.1, 0.15) is 5.60 Å². The summed E-state index contributed by atoms with van der Waals surface area (Å²) >= 11 is 6.10. The summed E-state index contributed by atoms with van der Waals surface area (Å²) in [5, 5.41) is 23.0. The summed E-state index contributed by atoms with van der Waals surface area (Å²) in [7, 11) is 0. The Morgan fingerprint density at radius 1 is 1.03 bits per heavy atom. The van der Waals surface area contributed by atoms with E-state index in [9.17, 15) is 14.7 Å². The molecule has 1 amide bonds. The number of halogens is 1. The Hall–Kier alpha value is -4.20. The lowest BCUT2D eigenvalue weighted by Gasteiger charge is -2.25. The maximum atomic E-state index is 12.9. The number of carbonyl (C=O) groups excluding carboxylic acids is 1. The van der Waals surface area contributed by atoms with E-state index in [1.54, 1.807) is 54.1 Å². The van der Waals surface area contributed by atoms with Crippen LogP contribution in [-0.4, -0.2) is 25.8 Å². The number of nitrogens with zero attached hydrogens (tertiary/aromatic N) is 2. The highest BCUT2D eigenvalue weighted by Gasteiger charge is 2.26. The Morgan fingerprint density at radius 2 is 1.84 bits per heavy atom. The second-order valence-electron chi connectivity index (χ2n) is 9.06. The number of benzene rings is 3. The quantitative estimate of drug-likeness (QED) is 0.296. The van der Waals surface area contributed by atoms with Gasteiger partial charge in [-0.3, -0.25) is 14.7 Å². The molecule has 7 nitrogen and oxygen atoms in total. The highest BCUT2D eigenvalue weighted by atomic mass is 35.5. The van der Waals surface area contributed by atoms with Gasteiger partial charge < -0.3 is 15.0 Å². The average Bonchev–Trinajstić information content (AvgIpc) is 3.31. The van der Waals surface area contributed by atoms with Crippen LogP contribution in [0.2, 0.25) is 5.02 Å². The summed E-state index contributed by atoms with van der Waals surface area (Å²) in [4.78, 5) is 24.9. The Labute approximate surface area is 218 Å². The number of nitrogens with one attached hydrogen (secondary N) is 2. The number of aromatic nitrogens is 3. The van der Waals surface area contributed by atoms with E-state index in [0.717, 1.165) is 16.5 Å². The highest BCUT2D eigenvalue weighted by Crippen LogP contribution is 2.30. The predicted molar refractivity (Wildman–Crippen MR) is 144 cm³/mol. The maximum Gasteiger partial charge on any atom is 0.251 e. The molecule has 1 unspecified atom stereocenters. The van der Waals surface area contributed by atoms with Gasteiger partial charge in [0.25, 0.3) is 11.5 Å². The number of rotatable bonds is 7. The third-order valence-electron chi connectivity index (χ3n) is 6.48. The average molecular weight is 513 g/mol. The largest absolute Gasteiger partial charge is 0.381 e. The molecule has 0 saturated heterocycles. The molecule has 0 aliphatic carbocycles. The third kappa shape index (κ3) is 5.18. The zero-order chi connectivity index (χ0) is 26.0. The first kappa shape index (κ1) is 24.5. The van der Waals surface area contributed by atoms with Crippen LogP contribution in [-0.2, 0) is 18.7 Å². The fourth-order valence-corrected chi connectivity index (χ4v) is 4.47. The minimum Gasteiger partial charge on any atom is -0.381 e. The minimum absolute atomic E-state index is 0.0714. The second-order valence-corrected chi connectivity index (χ2v) is 9.50. The fraction of sp³-hybridized carbons (Fsp3) is 0.138. The number of pyridine rings is 1. The molecule has 186 valence electrons. The Morgan fingerprint density at radius 3 is 2.62 bits per heavy atom. The molecule has 0 aliphatic rings. The van der Waals surface area contributed by atoms with Crippen molar-refractivity contribution in [1.29, 1.82) is 0 Å². The third-order valence-corrected chi connectivity index (χ3v) is 6.71. The lowest BCUT2D eigenvalue weighted by atomic mass is 9.87. The highest BCUT2D eigenvalue weighted by molar-refractivity contribution is 6.31. The van der Waals surface area contributed by atoms with Gasteiger partial charge in [-0.2, -0.15) is 5.10 Å². The van der Waals surface area contributed by atoms with Crippen LogP contribution < -0.4 is 10.9 Å². The minimum atomic E-state index is -1.33. The summed E-state index contributed by atoms with van der Waals surface area (Å²) < 4.78 is 1.62. The Balaban J connectivity index is 1.31. The fourth-order valence-electron chi connectivity index (χ4n) is 4.29. The van der Waals surface area contributed by atoms with Gasteiger partial charge in [0.15, 0.2) is 0 Å². The zero-order valence-corrected chi connectivity index (χ0v) is 20.9. The second kappa shape index (κ2) is 10.0. The van der Waals surface area contributed by atoms with Crippen LogP contribution in [0.25, 0.3) is 10.9 Å². The lowest BCUT2D eigenvalue weighted by Crippen LogP contribution is -2.26. The van der Waals surface area contributed by atoms with Crippen molar-refractivity contribution in [3.63, 3.8) is 0 Å². The van der Waals surface area contributed by atoms with Gasteiger partial charge in [-0.05, 0) is 60.0 Å². The van der Waals surface area contributed by atoms with Gasteiger partial charge >= 0.3 is 0 Å². The van der Waals surface area contributed by atoms with Crippen LogP contribution in [0, 0.1) is 0 Å². The molecular weight excluding hydrogens is 488 g/mol. The standard InChI is InChI=1S/C29H25ClN4O3/c1-29(37,21-10-8-19(9-11-21)18-34-14-3-2-7-27(34)35)22-6-4-5-20(15-22)28(36)31-17-26-24-16-23(30)12-13-25(24)32-33-26/h2-16,37H,17-18H2,1H3,(H,31,36)(H,32,33). The first-order valence-corrected chi connectivity index (χ1v) is 12.2. The van der Waals surface area contributed by atoms with Gasteiger partial charge in [0, 0.05) is 28.2 Å². The van der Waals surface area contributed by atoms with Crippen LogP contribution in [0.15, 0.2) is 95.9 Å². The topological polar surface area (TPSA) is 100 Å².